The summed E-state index contributed by atoms with van der Waals surface area (Å²) < 4.78 is 0.649. The van der Waals surface area contributed by atoms with Gasteiger partial charge >= 0.3 is 0 Å². The van der Waals surface area contributed by atoms with Crippen LogP contribution in [0.25, 0.3) is 0 Å². The zero-order chi connectivity index (χ0) is 9.52. The average molecular weight is 204 g/mol. The quantitative estimate of drug-likeness (QED) is 0.588. The molecule has 1 rings (SSSR count). The van der Waals surface area contributed by atoms with Crippen LogP contribution < -0.4 is 0 Å². The van der Waals surface area contributed by atoms with Crippen molar-refractivity contribution in [1.82, 2.24) is 9.80 Å². The van der Waals surface area contributed by atoms with Crippen LogP contribution in [0.4, 0.5) is 0 Å². The van der Waals surface area contributed by atoms with E-state index < -0.39 is 4.87 Å². The number of likely N-dealkylation sites (N-methyl/N-ethyl adjacent to an activating group) is 2. The van der Waals surface area contributed by atoms with E-state index in [2.05, 4.69) is 0 Å². The maximum absolute atomic E-state index is 11.7. The maximum atomic E-state index is 11.7. The van der Waals surface area contributed by atoms with Crippen molar-refractivity contribution >= 4 is 34.2 Å². The molecule has 0 aliphatic carbocycles. The summed E-state index contributed by atoms with van der Waals surface area (Å²) in [5.74, 6) is 0.0579. The summed E-state index contributed by atoms with van der Waals surface area (Å²) in [7, 11) is 5.48. The van der Waals surface area contributed by atoms with Gasteiger partial charge in [-0.2, -0.15) is 0 Å². The smallest absolute Gasteiger partial charge is 0.258 e. The summed E-state index contributed by atoms with van der Waals surface area (Å²) in [6.07, 6.45) is 0. The highest BCUT2D eigenvalue weighted by Crippen LogP contribution is 2.37. The number of hydrogen-bond acceptors (Lipinski definition) is 4. The molecule has 0 radical (unpaired) electrons. The van der Waals surface area contributed by atoms with E-state index in [0.29, 0.717) is 4.32 Å². The molecule has 1 atom stereocenters. The van der Waals surface area contributed by atoms with Gasteiger partial charge in [0.2, 0.25) is 0 Å². The summed E-state index contributed by atoms with van der Waals surface area (Å²) >= 11 is 6.45. The van der Waals surface area contributed by atoms with Crippen molar-refractivity contribution in [2.75, 3.05) is 21.1 Å². The van der Waals surface area contributed by atoms with Gasteiger partial charge in [-0.3, -0.25) is 14.6 Å². The van der Waals surface area contributed by atoms with Crippen LogP contribution in [-0.4, -0.2) is 46.0 Å². The Morgan fingerprint density at radius 2 is 2.08 bits per heavy atom. The number of carbonyl (C=O) groups excluding carboxylic acids is 1. The lowest BCUT2D eigenvalue weighted by molar-refractivity contribution is -0.131. The second-order valence-corrected chi connectivity index (χ2v) is 5.14. The Morgan fingerprint density at radius 3 is 2.25 bits per heavy atom. The molecule has 1 amide bonds. The highest BCUT2D eigenvalue weighted by molar-refractivity contribution is 8.24. The van der Waals surface area contributed by atoms with E-state index in [9.17, 15) is 4.79 Å². The second-order valence-electron chi connectivity index (χ2n) is 3.11. The summed E-state index contributed by atoms with van der Waals surface area (Å²) in [5.41, 5.74) is 0. The van der Waals surface area contributed by atoms with Gasteiger partial charge in [0.15, 0.2) is 4.87 Å². The van der Waals surface area contributed by atoms with Crippen LogP contribution in [0.5, 0.6) is 0 Å². The molecule has 0 aromatic rings. The summed E-state index contributed by atoms with van der Waals surface area (Å²) in [5, 5.41) is 0. The highest BCUT2D eigenvalue weighted by Gasteiger charge is 2.47. The van der Waals surface area contributed by atoms with E-state index in [-0.39, 0.29) is 5.91 Å². The summed E-state index contributed by atoms with van der Waals surface area (Å²) in [4.78, 5) is 14.6. The molecular weight excluding hydrogens is 192 g/mol. The molecule has 12 heavy (non-hydrogen) atoms. The Bertz CT molecular complexity index is 242. The van der Waals surface area contributed by atoms with Crippen LogP contribution in [0.15, 0.2) is 0 Å². The summed E-state index contributed by atoms with van der Waals surface area (Å²) in [6.45, 7) is 1.88. The number of nitrogens with zero attached hydrogens (tertiary/aromatic N) is 2. The Kier molecular flexibility index (Phi) is 2.47. The topological polar surface area (TPSA) is 23.6 Å². The van der Waals surface area contributed by atoms with Crippen molar-refractivity contribution in [2.45, 2.75) is 11.8 Å². The van der Waals surface area contributed by atoms with Crippen molar-refractivity contribution < 1.29 is 4.79 Å². The lowest BCUT2D eigenvalue weighted by Gasteiger charge is -2.27. The molecule has 1 aliphatic rings. The number of rotatable bonds is 1. The number of amides is 1. The molecular formula is C7H12N2OS2. The molecule has 0 aromatic heterocycles. The van der Waals surface area contributed by atoms with Gasteiger partial charge in [0.25, 0.3) is 5.91 Å². The van der Waals surface area contributed by atoms with Crippen molar-refractivity contribution in [3.63, 3.8) is 0 Å². The lowest BCUT2D eigenvalue weighted by atomic mass is 10.3. The van der Waals surface area contributed by atoms with Gasteiger partial charge in [0, 0.05) is 7.05 Å². The van der Waals surface area contributed by atoms with Gasteiger partial charge in [0.05, 0.1) is 0 Å². The molecule has 5 heteroatoms. The minimum Gasteiger partial charge on any atom is -0.298 e. The highest BCUT2D eigenvalue weighted by atomic mass is 32.2. The number of thiocarbonyl (C=S) groups is 1. The molecule has 1 fully saturated rings. The maximum Gasteiger partial charge on any atom is 0.258 e. The van der Waals surface area contributed by atoms with Crippen LogP contribution in [0, 0.1) is 0 Å². The first-order valence-corrected chi connectivity index (χ1v) is 4.80. The van der Waals surface area contributed by atoms with Gasteiger partial charge in [-0.15, -0.1) is 0 Å². The van der Waals surface area contributed by atoms with Gasteiger partial charge in [0.1, 0.15) is 4.32 Å². The fourth-order valence-electron chi connectivity index (χ4n) is 0.959. The standard InChI is InChI=1S/C7H12N2OS2/c1-7(8(2)3)5(10)9(4)6(11)12-7/h1-4H3. The zero-order valence-corrected chi connectivity index (χ0v) is 9.25. The predicted molar refractivity (Wildman–Crippen MR) is 55.1 cm³/mol. The van der Waals surface area contributed by atoms with Crippen molar-refractivity contribution in [3.05, 3.63) is 0 Å². The van der Waals surface area contributed by atoms with Gasteiger partial charge in [-0.25, -0.2) is 0 Å². The van der Waals surface area contributed by atoms with Crippen LogP contribution in [0.2, 0.25) is 0 Å². The molecule has 0 saturated carbocycles. The molecule has 0 bridgehead atoms. The van der Waals surface area contributed by atoms with E-state index in [0.717, 1.165) is 0 Å². The molecule has 1 aliphatic heterocycles. The molecule has 1 heterocycles. The van der Waals surface area contributed by atoms with Crippen LogP contribution in [-0.2, 0) is 4.79 Å². The third-order valence-corrected chi connectivity index (χ3v) is 4.02. The Labute approximate surface area is 82.1 Å². The normalized spacial score (nSPS) is 30.6. The number of hydrogen-bond donors (Lipinski definition) is 0. The molecule has 0 N–H and O–H groups in total. The van der Waals surface area contributed by atoms with Crippen molar-refractivity contribution in [2.24, 2.45) is 0 Å². The summed E-state index contributed by atoms with van der Waals surface area (Å²) in [6, 6.07) is 0. The van der Waals surface area contributed by atoms with E-state index in [4.69, 9.17) is 12.2 Å². The third-order valence-electron chi connectivity index (χ3n) is 2.11. The fourth-order valence-corrected chi connectivity index (χ4v) is 2.50. The molecule has 68 valence electrons. The van der Waals surface area contributed by atoms with Crippen molar-refractivity contribution in [1.29, 1.82) is 0 Å². The minimum atomic E-state index is -0.508. The molecule has 0 aromatic carbocycles. The van der Waals surface area contributed by atoms with E-state index in [1.54, 1.807) is 7.05 Å². The average Bonchev–Trinajstić information content (AvgIpc) is 2.17. The zero-order valence-electron chi connectivity index (χ0n) is 7.62. The lowest BCUT2D eigenvalue weighted by Crippen LogP contribution is -2.45. The first-order chi connectivity index (χ1) is 5.39. The van der Waals surface area contributed by atoms with Gasteiger partial charge in [-0.1, -0.05) is 24.0 Å². The van der Waals surface area contributed by atoms with Gasteiger partial charge in [-0.05, 0) is 21.0 Å². The molecule has 0 spiro atoms. The molecule has 3 nitrogen and oxygen atoms in total. The Morgan fingerprint density at radius 1 is 1.58 bits per heavy atom. The first kappa shape index (κ1) is 9.95. The minimum absolute atomic E-state index is 0.0579. The Hall–Kier alpha value is -0.130. The van der Waals surface area contributed by atoms with Crippen molar-refractivity contribution in [3.8, 4) is 0 Å². The first-order valence-electron chi connectivity index (χ1n) is 3.58. The van der Waals surface area contributed by atoms with Crippen LogP contribution >= 0.6 is 24.0 Å². The van der Waals surface area contributed by atoms with E-state index in [1.165, 1.54) is 16.7 Å². The van der Waals surface area contributed by atoms with E-state index in [1.807, 2.05) is 25.9 Å². The van der Waals surface area contributed by atoms with Gasteiger partial charge < -0.3 is 0 Å². The van der Waals surface area contributed by atoms with Crippen LogP contribution in [0.1, 0.15) is 6.92 Å². The molecule has 1 unspecified atom stereocenters. The monoisotopic (exact) mass is 204 g/mol. The predicted octanol–water partition coefficient (Wildman–Crippen LogP) is 0.754. The third kappa shape index (κ3) is 1.26. The second kappa shape index (κ2) is 2.97. The van der Waals surface area contributed by atoms with E-state index >= 15 is 0 Å². The number of carbonyl (C=O) groups is 1. The SMILES string of the molecule is CN1C(=O)C(C)(N(C)C)SC1=S. The molecule has 1 saturated heterocycles. The fraction of sp³-hybridized carbons (Fsp3) is 0.714. The van der Waals surface area contributed by atoms with Crippen LogP contribution in [0.3, 0.4) is 0 Å². The Balaban J connectivity index is 2.97. The number of thioether (sulfide) groups is 1. The largest absolute Gasteiger partial charge is 0.298 e.